The number of hydrogen-bond acceptors (Lipinski definition) is 14. The van der Waals surface area contributed by atoms with Crippen molar-refractivity contribution >= 4 is 75.1 Å². The molecule has 320 valence electrons. The monoisotopic (exact) mass is 884 g/mol. The van der Waals surface area contributed by atoms with Crippen LogP contribution in [-0.4, -0.2) is 150 Å². The molecule has 5 heterocycles. The fourth-order valence-electron chi connectivity index (χ4n) is 7.48. The molecular weight excluding hydrogens is 840 g/mol. The molecule has 5 saturated heterocycles. The van der Waals surface area contributed by atoms with Gasteiger partial charge in [0.25, 0.3) is 5.91 Å². The molecule has 7 amide bonds. The summed E-state index contributed by atoms with van der Waals surface area (Å²) in [4.78, 5) is 115. The third-order valence-electron chi connectivity index (χ3n) is 10.4. The van der Waals surface area contributed by atoms with Crippen LogP contribution in [0.15, 0.2) is 42.0 Å². The van der Waals surface area contributed by atoms with Crippen LogP contribution in [0.4, 0.5) is 4.79 Å². The second kappa shape index (κ2) is 17.1. The van der Waals surface area contributed by atoms with E-state index in [0.29, 0.717) is 12.1 Å². The number of nitrogens with one attached hydrogen (secondary N) is 2. The van der Waals surface area contributed by atoms with Crippen molar-refractivity contribution in [2.45, 2.75) is 105 Å². The molecule has 0 saturated carbocycles. The molecule has 6 atom stereocenters. The van der Waals surface area contributed by atoms with E-state index in [4.69, 9.17) is 4.74 Å². The summed E-state index contributed by atoms with van der Waals surface area (Å²) in [6.07, 6.45) is 0.819. The average Bonchev–Trinajstić information content (AvgIpc) is 3.47. The van der Waals surface area contributed by atoms with Gasteiger partial charge in [-0.25, -0.2) is 22.8 Å². The van der Waals surface area contributed by atoms with Gasteiger partial charge in [0.15, 0.2) is 15.2 Å². The Bertz CT molecular complexity index is 2160. The maximum atomic E-state index is 13.3. The van der Waals surface area contributed by atoms with Crippen molar-refractivity contribution < 1.29 is 96.1 Å². The number of β-lactam (4-membered cyclic amide) rings is 2. The number of thioether (sulfide) groups is 1. The minimum atomic E-state index is -4.02. The Hall–Kier alpha value is -4.51. The quantitative estimate of drug-likeness (QED) is 0.0730. The van der Waals surface area contributed by atoms with Crippen molar-refractivity contribution in [1.82, 2.24) is 30.2 Å². The van der Waals surface area contributed by atoms with Crippen LogP contribution in [0.25, 0.3) is 0 Å². The largest absolute Gasteiger partial charge is 1.00 e. The first-order chi connectivity index (χ1) is 27.2. The minimum Gasteiger partial charge on any atom is -0.548 e. The van der Waals surface area contributed by atoms with Crippen LogP contribution < -0.4 is 45.3 Å². The summed E-state index contributed by atoms with van der Waals surface area (Å²) >= 11 is 1.28. The van der Waals surface area contributed by atoms with Crippen molar-refractivity contribution in [3.8, 4) is 0 Å². The first-order valence-corrected chi connectivity index (χ1v) is 20.8. The summed E-state index contributed by atoms with van der Waals surface area (Å²) in [5, 5.41) is 24.0. The van der Waals surface area contributed by atoms with Gasteiger partial charge >= 0.3 is 59.3 Å². The number of fused-ring (bicyclic) bond motifs is 2. The Balaban J connectivity index is 0.000000286. The number of piperazine rings is 1. The molecule has 3 N–H and O–H groups in total. The maximum absolute atomic E-state index is 13.3. The summed E-state index contributed by atoms with van der Waals surface area (Å²) in [7, 11) is -4.02. The van der Waals surface area contributed by atoms with E-state index < -0.39 is 113 Å². The maximum Gasteiger partial charge on any atom is 1.00 e. The van der Waals surface area contributed by atoms with Gasteiger partial charge in [-0.15, -0.1) is 11.8 Å². The minimum absolute atomic E-state index is 0. The molecule has 6 rings (SSSR count). The van der Waals surface area contributed by atoms with Gasteiger partial charge in [0.05, 0.1) is 22.3 Å². The molecular formula is C37H45N6NaO14S2. The summed E-state index contributed by atoms with van der Waals surface area (Å²) in [5.41, 5.74) is -0.682. The Labute approximate surface area is 371 Å². The topological polar surface area (TPSA) is 277 Å². The van der Waals surface area contributed by atoms with Crippen LogP contribution >= 0.6 is 11.8 Å². The first kappa shape index (κ1) is 48.2. The fourth-order valence-corrected chi connectivity index (χ4v) is 11.2. The molecule has 0 aromatic heterocycles. The predicted molar refractivity (Wildman–Crippen MR) is 204 cm³/mol. The Morgan fingerprint density at radius 1 is 0.967 bits per heavy atom. The Morgan fingerprint density at radius 3 is 2.10 bits per heavy atom. The number of benzene rings is 1. The van der Waals surface area contributed by atoms with E-state index in [2.05, 4.69) is 10.6 Å². The van der Waals surface area contributed by atoms with E-state index in [9.17, 15) is 61.8 Å². The molecule has 23 heteroatoms. The van der Waals surface area contributed by atoms with Gasteiger partial charge in [-0.05, 0) is 61.0 Å². The summed E-state index contributed by atoms with van der Waals surface area (Å²) in [6, 6.07) is 2.51. The fraction of sp³-hybridized carbons (Fsp3) is 0.541. The number of imide groups is 1. The molecule has 0 bridgehead atoms. The molecule has 5 aliphatic heterocycles. The molecule has 5 fully saturated rings. The van der Waals surface area contributed by atoms with E-state index in [0.717, 1.165) is 15.9 Å². The number of rotatable bonds is 8. The second-order valence-electron chi connectivity index (χ2n) is 16.3. The molecule has 1 aromatic rings. The SMILES string of the molecule is CC(C)(C)OC(=O)/C=C1/C(=O)N2[C@@H](C(=O)[O-])C(C)(C)S(=O)(=O)[C@H]12.CCN1CCN(C(=O)NC(C(=O)N[C@H]2C(=O)N3[C@H]2SC(C)(C)[C@H]3C(=O)O)c2ccccc2)C(=O)C1=O.[Na+]. The van der Waals surface area contributed by atoms with Crippen molar-refractivity contribution in [1.29, 1.82) is 0 Å². The first-order valence-electron chi connectivity index (χ1n) is 18.4. The van der Waals surface area contributed by atoms with Gasteiger partial charge < -0.3 is 45.1 Å². The van der Waals surface area contributed by atoms with E-state index in [1.165, 1.54) is 35.4 Å². The smallest absolute Gasteiger partial charge is 0.548 e. The molecule has 60 heavy (non-hydrogen) atoms. The number of likely N-dealkylation sites (N-methyl/N-ethyl adjacent to an activating group) is 1. The number of ether oxygens (including phenoxy) is 1. The molecule has 0 aliphatic carbocycles. The third-order valence-corrected chi connectivity index (χ3v) is 14.8. The number of sulfone groups is 1. The van der Waals surface area contributed by atoms with Gasteiger partial charge in [0, 0.05) is 30.5 Å². The van der Waals surface area contributed by atoms with Crippen molar-refractivity contribution in [3.63, 3.8) is 0 Å². The number of aliphatic carboxylic acids is 2. The van der Waals surface area contributed by atoms with Gasteiger partial charge in [-0.2, -0.15) is 0 Å². The summed E-state index contributed by atoms with van der Waals surface area (Å²) in [6.45, 7) is 13.0. The van der Waals surface area contributed by atoms with Gasteiger partial charge in [-0.3, -0.25) is 28.9 Å². The summed E-state index contributed by atoms with van der Waals surface area (Å²) in [5.74, 6) is -7.44. The van der Waals surface area contributed by atoms with Crippen molar-refractivity contribution in [2.75, 3.05) is 19.6 Å². The normalized spacial score (nSPS) is 26.9. The average molecular weight is 885 g/mol. The van der Waals surface area contributed by atoms with E-state index in [-0.39, 0.29) is 48.2 Å². The van der Waals surface area contributed by atoms with Crippen molar-refractivity contribution in [3.05, 3.63) is 47.5 Å². The molecule has 0 spiro atoms. The number of carbonyl (C=O) groups is 9. The zero-order valence-corrected chi connectivity index (χ0v) is 38.0. The molecule has 1 aromatic carbocycles. The number of carbonyl (C=O) groups excluding carboxylic acids is 8. The number of carboxylic acid groups (broad SMARTS) is 2. The van der Waals surface area contributed by atoms with Crippen molar-refractivity contribution in [2.24, 2.45) is 0 Å². The van der Waals surface area contributed by atoms with Crippen LogP contribution in [0.2, 0.25) is 0 Å². The number of urea groups is 1. The molecule has 0 radical (unpaired) electrons. The van der Waals surface area contributed by atoms with Crippen LogP contribution in [0, 0.1) is 0 Å². The standard InChI is InChI=1S/C23H27N5O7S.C14H19NO7S.Na/c1-4-26-10-11-27(19(32)18(26)31)22(35)25-13(12-8-6-5-7-9-12)16(29)24-14-17(30)28-15(21(33)34)23(2,3)36-20(14)28;1-13(2,3)22-8(16)6-7-10(17)15-9(12(18)19)14(4,5)23(20,21)11(7)15;/h5-9,13-15,20H,4,10-11H2,1-3H3,(H,24,29)(H,25,35)(H,33,34);6,9,11H,1-5H3,(H,18,19);/q;;+1/p-1/b;7-6-;/t13?,14-,15+,20-;9-,11+;/m00./s1. The third kappa shape index (κ3) is 8.52. The van der Waals surface area contributed by atoms with Crippen LogP contribution in [0.1, 0.15) is 67.0 Å². The van der Waals surface area contributed by atoms with E-state index in [1.54, 1.807) is 71.9 Å². The van der Waals surface area contributed by atoms with Crippen LogP contribution in [0.5, 0.6) is 0 Å². The summed E-state index contributed by atoms with van der Waals surface area (Å²) < 4.78 is 27.6. The van der Waals surface area contributed by atoms with Gasteiger partial charge in [-0.1, -0.05) is 30.3 Å². The van der Waals surface area contributed by atoms with E-state index >= 15 is 0 Å². The van der Waals surface area contributed by atoms with Gasteiger partial charge in [0.1, 0.15) is 29.1 Å². The molecule has 1 unspecified atom stereocenters. The number of hydrogen-bond donors (Lipinski definition) is 3. The Kier molecular flexibility index (Phi) is 13.7. The van der Waals surface area contributed by atoms with Gasteiger partial charge in [0.2, 0.25) is 11.8 Å². The van der Waals surface area contributed by atoms with E-state index in [1.807, 2.05) is 0 Å². The zero-order chi connectivity index (χ0) is 44.3. The van der Waals surface area contributed by atoms with Crippen LogP contribution in [-0.2, 0) is 52.9 Å². The molecule has 20 nitrogen and oxygen atoms in total. The number of amides is 7. The predicted octanol–water partition coefficient (Wildman–Crippen LogP) is -4.49. The zero-order valence-electron chi connectivity index (χ0n) is 34.4. The number of nitrogens with zero attached hydrogens (tertiary/aromatic N) is 4. The van der Waals surface area contributed by atoms with Crippen LogP contribution in [0.3, 0.4) is 0 Å². The molecule has 5 aliphatic rings. The second-order valence-corrected chi connectivity index (χ2v) is 20.6. The number of esters is 1. The number of carboxylic acids is 2. The Morgan fingerprint density at radius 2 is 1.57 bits per heavy atom.